The minimum Gasteiger partial charge on any atom is -0.392 e. The van der Waals surface area contributed by atoms with Crippen molar-refractivity contribution in [2.45, 2.75) is 33.2 Å². The van der Waals surface area contributed by atoms with Crippen LogP contribution < -0.4 is 16.0 Å². The number of para-hydroxylation sites is 1. The van der Waals surface area contributed by atoms with Gasteiger partial charge in [-0.2, -0.15) is 4.98 Å². The quantitative estimate of drug-likeness (QED) is 0.345. The Morgan fingerprint density at radius 1 is 1.12 bits per heavy atom. The molecule has 9 nitrogen and oxygen atoms in total. The Kier molecular flexibility index (Phi) is 5.18. The number of aromatic nitrogens is 5. The van der Waals surface area contributed by atoms with E-state index < -0.39 is 5.97 Å². The fourth-order valence-corrected chi connectivity index (χ4v) is 4.41. The summed E-state index contributed by atoms with van der Waals surface area (Å²) >= 11 is 0. The lowest BCUT2D eigenvalue weighted by Crippen LogP contribution is -2.13. The van der Waals surface area contributed by atoms with E-state index in [-0.39, 0.29) is 11.6 Å². The number of nitrogens with one attached hydrogen (secondary N) is 2. The van der Waals surface area contributed by atoms with E-state index in [2.05, 4.69) is 32.5 Å². The molecule has 0 unspecified atom stereocenters. The van der Waals surface area contributed by atoms with E-state index in [1.807, 2.05) is 18.2 Å². The van der Waals surface area contributed by atoms with E-state index >= 15 is 0 Å². The molecule has 5 aromatic rings. The van der Waals surface area contributed by atoms with Crippen LogP contribution in [0.5, 0.6) is 6.01 Å². The molecule has 0 fully saturated rings. The van der Waals surface area contributed by atoms with Crippen molar-refractivity contribution < 1.29 is 9.53 Å². The number of rotatable bonds is 6. The molecule has 33 heavy (non-hydrogen) atoms. The molecule has 3 heterocycles. The average molecular weight is 444 g/mol. The van der Waals surface area contributed by atoms with Crippen molar-refractivity contribution in [3.63, 3.8) is 0 Å². The van der Waals surface area contributed by atoms with Gasteiger partial charge >= 0.3 is 12.0 Å². The second-order valence-electron chi connectivity index (χ2n) is 7.92. The zero-order valence-corrected chi connectivity index (χ0v) is 18.4. The van der Waals surface area contributed by atoms with Gasteiger partial charge in [-0.15, -0.1) is 0 Å². The Morgan fingerprint density at radius 3 is 2.58 bits per heavy atom. The highest BCUT2D eigenvalue weighted by atomic mass is 16.5. The number of hydrogen-bond donors (Lipinski definition) is 3. The van der Waals surface area contributed by atoms with Crippen molar-refractivity contribution >= 4 is 38.9 Å². The first kappa shape index (κ1) is 20.9. The van der Waals surface area contributed by atoms with Gasteiger partial charge in [0.25, 0.3) is 5.56 Å². The van der Waals surface area contributed by atoms with E-state index in [9.17, 15) is 9.59 Å². The molecule has 0 bridgehead atoms. The summed E-state index contributed by atoms with van der Waals surface area (Å²) in [5.74, 6) is -0.467. The van der Waals surface area contributed by atoms with Gasteiger partial charge in [0.1, 0.15) is 5.69 Å². The maximum Gasteiger partial charge on any atom is 0.310 e. The molecular weight excluding hydrogens is 420 g/mol. The number of esters is 1. The Balaban J connectivity index is 1.74. The zero-order valence-electron chi connectivity index (χ0n) is 18.4. The Labute approximate surface area is 188 Å². The topological polar surface area (TPSA) is 132 Å². The smallest absolute Gasteiger partial charge is 0.310 e. The third-order valence-corrected chi connectivity index (χ3v) is 5.75. The van der Waals surface area contributed by atoms with Crippen LogP contribution in [0.3, 0.4) is 0 Å². The number of H-pyrrole nitrogens is 2. The first-order valence-corrected chi connectivity index (χ1v) is 10.9. The molecule has 0 spiro atoms. The number of fused-ring (bicyclic) bond motifs is 3. The summed E-state index contributed by atoms with van der Waals surface area (Å²) < 4.78 is 7.29. The van der Waals surface area contributed by atoms with Crippen LogP contribution in [0, 0.1) is 0 Å². The van der Waals surface area contributed by atoms with E-state index in [4.69, 9.17) is 15.5 Å². The van der Waals surface area contributed by atoms with E-state index in [1.165, 1.54) is 6.92 Å². The Bertz CT molecular complexity index is 1580. The summed E-state index contributed by atoms with van der Waals surface area (Å²) in [5, 5.41) is 0.989. The fraction of sp³-hybridized carbons (Fsp3) is 0.250. The van der Waals surface area contributed by atoms with Gasteiger partial charge < -0.3 is 25.0 Å². The summed E-state index contributed by atoms with van der Waals surface area (Å²) in [6, 6.07) is 11.7. The van der Waals surface area contributed by atoms with Crippen LogP contribution in [0.2, 0.25) is 0 Å². The standard InChI is InChI=1S/C24H24N6O3/c1-3-19-21(14-7-4-5-8-20(14)30(19)10-6-9-25)22-23(32)27-16-12-18-17(11-15(16)26-22)28-24(29-18)33-13(2)31/h4-5,7-8,11-12H,3,6,9-10,25H2,1-2H3,(H,27,32)(H,28,29). The number of nitrogens with zero attached hydrogens (tertiary/aromatic N) is 3. The van der Waals surface area contributed by atoms with Crippen LogP contribution in [-0.2, 0) is 17.8 Å². The lowest BCUT2D eigenvalue weighted by Gasteiger charge is -2.10. The van der Waals surface area contributed by atoms with Gasteiger partial charge in [-0.25, -0.2) is 4.98 Å². The third kappa shape index (κ3) is 3.56. The second kappa shape index (κ2) is 8.18. The summed E-state index contributed by atoms with van der Waals surface area (Å²) in [7, 11) is 0. The van der Waals surface area contributed by atoms with Gasteiger partial charge in [-0.3, -0.25) is 9.59 Å². The van der Waals surface area contributed by atoms with Gasteiger partial charge in [0.15, 0.2) is 0 Å². The van der Waals surface area contributed by atoms with Crippen LogP contribution >= 0.6 is 0 Å². The highest BCUT2D eigenvalue weighted by Crippen LogP contribution is 2.34. The van der Waals surface area contributed by atoms with Gasteiger partial charge in [0, 0.05) is 35.6 Å². The average Bonchev–Trinajstić information content (AvgIpc) is 3.32. The molecule has 0 aliphatic carbocycles. The molecule has 168 valence electrons. The first-order chi connectivity index (χ1) is 16.0. The van der Waals surface area contributed by atoms with Gasteiger partial charge in [-0.1, -0.05) is 25.1 Å². The molecule has 9 heteroatoms. The maximum atomic E-state index is 13.2. The minimum atomic E-state index is -0.467. The van der Waals surface area contributed by atoms with Crippen molar-refractivity contribution in [3.8, 4) is 17.3 Å². The molecule has 5 rings (SSSR count). The number of benzene rings is 2. The van der Waals surface area contributed by atoms with E-state index in [0.717, 1.165) is 41.5 Å². The van der Waals surface area contributed by atoms with Gasteiger partial charge in [-0.05, 0) is 37.6 Å². The number of imidazole rings is 1. The number of carbonyl (C=O) groups excluding carboxylic acids is 1. The highest BCUT2D eigenvalue weighted by molar-refractivity contribution is 5.99. The van der Waals surface area contributed by atoms with Crippen LogP contribution in [0.4, 0.5) is 0 Å². The lowest BCUT2D eigenvalue weighted by molar-refractivity contribution is -0.132. The number of hydrogen-bond acceptors (Lipinski definition) is 6. The number of nitrogens with two attached hydrogens (primary N) is 1. The normalized spacial score (nSPS) is 11.6. The number of aromatic amines is 2. The van der Waals surface area contributed by atoms with Gasteiger partial charge in [0.2, 0.25) is 0 Å². The molecule has 0 atom stereocenters. The SMILES string of the molecule is CCc1c(-c2nc3cc4[nH]c(OC(C)=O)nc4cc3[nH]c2=O)c2ccccc2n1CCCN. The van der Waals surface area contributed by atoms with E-state index in [1.54, 1.807) is 12.1 Å². The maximum absolute atomic E-state index is 13.2. The molecular formula is C24H24N6O3. The summed E-state index contributed by atoms with van der Waals surface area (Å²) in [6.07, 6.45) is 1.59. The van der Waals surface area contributed by atoms with E-state index in [0.29, 0.717) is 34.3 Å². The van der Waals surface area contributed by atoms with Crippen LogP contribution in [0.15, 0.2) is 41.2 Å². The number of ether oxygens (including phenoxy) is 1. The number of aryl methyl sites for hydroxylation is 1. The Morgan fingerprint density at radius 2 is 1.85 bits per heavy atom. The largest absolute Gasteiger partial charge is 0.392 e. The molecule has 3 aromatic heterocycles. The molecule has 2 aromatic carbocycles. The van der Waals surface area contributed by atoms with Crippen molar-refractivity contribution in [1.29, 1.82) is 0 Å². The lowest BCUT2D eigenvalue weighted by atomic mass is 10.1. The predicted molar refractivity (Wildman–Crippen MR) is 127 cm³/mol. The van der Waals surface area contributed by atoms with Crippen molar-refractivity contribution in [1.82, 2.24) is 24.5 Å². The monoisotopic (exact) mass is 444 g/mol. The summed E-state index contributed by atoms with van der Waals surface area (Å²) in [5.41, 5.74) is 11.2. The molecule has 0 aliphatic rings. The molecule has 4 N–H and O–H groups in total. The molecule has 0 radical (unpaired) electrons. The van der Waals surface area contributed by atoms with Crippen molar-refractivity contribution in [2.24, 2.45) is 5.73 Å². The minimum absolute atomic E-state index is 0.103. The predicted octanol–water partition coefficient (Wildman–Crippen LogP) is 3.26. The Hall–Kier alpha value is -3.98. The molecule has 0 saturated carbocycles. The molecule has 0 amide bonds. The zero-order chi connectivity index (χ0) is 23.1. The second-order valence-corrected chi connectivity index (χ2v) is 7.92. The summed E-state index contributed by atoms with van der Waals surface area (Å²) in [4.78, 5) is 39.4. The van der Waals surface area contributed by atoms with Crippen molar-refractivity contribution in [2.75, 3.05) is 6.54 Å². The highest BCUT2D eigenvalue weighted by Gasteiger charge is 2.21. The summed E-state index contributed by atoms with van der Waals surface area (Å²) in [6.45, 7) is 4.76. The molecule has 0 aliphatic heterocycles. The fourth-order valence-electron chi connectivity index (χ4n) is 4.41. The third-order valence-electron chi connectivity index (χ3n) is 5.75. The number of carbonyl (C=O) groups is 1. The van der Waals surface area contributed by atoms with Crippen LogP contribution in [0.25, 0.3) is 44.2 Å². The molecule has 0 saturated heterocycles. The first-order valence-electron chi connectivity index (χ1n) is 10.9. The van der Waals surface area contributed by atoms with Crippen molar-refractivity contribution in [3.05, 3.63) is 52.4 Å². The van der Waals surface area contributed by atoms with Crippen LogP contribution in [0.1, 0.15) is 26.0 Å². The van der Waals surface area contributed by atoms with Crippen LogP contribution in [-0.4, -0.2) is 37.0 Å². The van der Waals surface area contributed by atoms with Gasteiger partial charge in [0.05, 0.1) is 22.1 Å².